The van der Waals surface area contributed by atoms with Gasteiger partial charge in [0.2, 0.25) is 5.95 Å². The molecule has 0 aliphatic carbocycles. The first-order chi connectivity index (χ1) is 7.78. The fourth-order valence-electron chi connectivity index (χ4n) is 2.12. The Hall–Kier alpha value is -1.36. The van der Waals surface area contributed by atoms with Crippen LogP contribution >= 0.6 is 0 Å². The number of piperidine rings is 1. The van der Waals surface area contributed by atoms with Crippen molar-refractivity contribution in [3.63, 3.8) is 0 Å². The summed E-state index contributed by atoms with van der Waals surface area (Å²) >= 11 is 0. The molecule has 1 atom stereocenters. The summed E-state index contributed by atoms with van der Waals surface area (Å²) in [5.41, 5.74) is 5.54. The summed E-state index contributed by atoms with van der Waals surface area (Å²) in [6.07, 6.45) is 4.12. The predicted octanol–water partition coefficient (Wildman–Crippen LogP) is 0.955. The number of aromatic nitrogens is 2. The van der Waals surface area contributed by atoms with Gasteiger partial charge in [0.05, 0.1) is 0 Å². The lowest BCUT2D eigenvalue weighted by atomic mass is 10.1. The zero-order valence-electron chi connectivity index (χ0n) is 9.69. The van der Waals surface area contributed by atoms with Crippen molar-refractivity contribution in [3.8, 4) is 0 Å². The molecule has 3 N–H and O–H groups in total. The molecule has 1 saturated heterocycles. The van der Waals surface area contributed by atoms with Crippen LogP contribution in [0.1, 0.15) is 19.8 Å². The zero-order chi connectivity index (χ0) is 11.4. The molecule has 1 aromatic heterocycles. The van der Waals surface area contributed by atoms with E-state index in [1.807, 2.05) is 6.07 Å². The molecule has 1 aromatic rings. The fraction of sp³-hybridized carbons (Fsp3) is 0.636. The third kappa shape index (κ3) is 2.82. The van der Waals surface area contributed by atoms with E-state index in [4.69, 9.17) is 5.73 Å². The monoisotopic (exact) mass is 221 g/mol. The van der Waals surface area contributed by atoms with E-state index in [9.17, 15) is 0 Å². The first kappa shape index (κ1) is 11.1. The van der Waals surface area contributed by atoms with Gasteiger partial charge in [0.1, 0.15) is 5.82 Å². The highest BCUT2D eigenvalue weighted by Crippen LogP contribution is 2.14. The van der Waals surface area contributed by atoms with Gasteiger partial charge in [0.25, 0.3) is 0 Å². The van der Waals surface area contributed by atoms with Crippen LogP contribution in [-0.4, -0.2) is 40.5 Å². The van der Waals surface area contributed by atoms with Gasteiger partial charge in [-0.15, -0.1) is 0 Å². The van der Waals surface area contributed by atoms with Gasteiger partial charge < -0.3 is 16.0 Å². The number of hydrogen-bond acceptors (Lipinski definition) is 5. The van der Waals surface area contributed by atoms with Crippen molar-refractivity contribution < 1.29 is 0 Å². The summed E-state index contributed by atoms with van der Waals surface area (Å²) in [5, 5.41) is 3.41. The number of likely N-dealkylation sites (N-methyl/N-ethyl adjacent to an activating group) is 1. The van der Waals surface area contributed by atoms with Gasteiger partial charge >= 0.3 is 0 Å². The maximum atomic E-state index is 5.54. The Morgan fingerprint density at radius 2 is 2.50 bits per heavy atom. The second-order valence-electron chi connectivity index (χ2n) is 4.18. The van der Waals surface area contributed by atoms with Crippen molar-refractivity contribution in [1.29, 1.82) is 0 Å². The molecule has 2 rings (SSSR count). The van der Waals surface area contributed by atoms with E-state index in [2.05, 4.69) is 27.1 Å². The van der Waals surface area contributed by atoms with Crippen molar-refractivity contribution in [1.82, 2.24) is 14.9 Å². The van der Waals surface area contributed by atoms with Gasteiger partial charge in [-0.25, -0.2) is 4.98 Å². The highest BCUT2D eigenvalue weighted by Gasteiger charge is 2.18. The molecule has 5 nitrogen and oxygen atoms in total. The van der Waals surface area contributed by atoms with Crippen LogP contribution < -0.4 is 11.1 Å². The molecular weight excluding hydrogens is 202 g/mol. The van der Waals surface area contributed by atoms with E-state index in [0.29, 0.717) is 12.0 Å². The minimum absolute atomic E-state index is 0.327. The third-order valence-corrected chi connectivity index (χ3v) is 2.98. The van der Waals surface area contributed by atoms with Gasteiger partial charge in [-0.2, -0.15) is 4.98 Å². The van der Waals surface area contributed by atoms with E-state index in [1.54, 1.807) is 6.20 Å². The number of nitrogens with two attached hydrogens (primary N) is 1. The summed E-state index contributed by atoms with van der Waals surface area (Å²) in [5.74, 6) is 1.16. The summed E-state index contributed by atoms with van der Waals surface area (Å²) in [4.78, 5) is 10.5. The van der Waals surface area contributed by atoms with E-state index in [-0.39, 0.29) is 0 Å². The van der Waals surface area contributed by atoms with Crippen molar-refractivity contribution in [2.75, 3.05) is 30.7 Å². The molecule has 1 aliphatic rings. The molecule has 88 valence electrons. The molecule has 1 unspecified atom stereocenters. The second kappa shape index (κ2) is 5.12. The lowest BCUT2D eigenvalue weighted by Gasteiger charge is -2.32. The average molecular weight is 221 g/mol. The SMILES string of the molecule is CCN1CCCC(Nc2ccnc(N)n2)C1. The lowest BCUT2D eigenvalue weighted by molar-refractivity contribution is 0.226. The molecule has 1 aliphatic heterocycles. The van der Waals surface area contributed by atoms with Crippen LogP contribution in [0.5, 0.6) is 0 Å². The number of nitrogens with one attached hydrogen (secondary N) is 1. The quantitative estimate of drug-likeness (QED) is 0.795. The molecule has 16 heavy (non-hydrogen) atoms. The minimum Gasteiger partial charge on any atom is -0.368 e. The Kier molecular flexibility index (Phi) is 3.56. The molecule has 0 saturated carbocycles. The summed E-state index contributed by atoms with van der Waals surface area (Å²) in [6, 6.07) is 2.34. The van der Waals surface area contributed by atoms with Gasteiger partial charge in [-0.1, -0.05) is 6.92 Å². The molecule has 2 heterocycles. The molecular formula is C11H19N5. The van der Waals surface area contributed by atoms with Gasteiger partial charge in [0, 0.05) is 18.8 Å². The molecule has 1 fully saturated rings. The third-order valence-electron chi connectivity index (χ3n) is 2.98. The number of rotatable bonds is 3. The van der Waals surface area contributed by atoms with Crippen LogP contribution in [0.15, 0.2) is 12.3 Å². The predicted molar refractivity (Wildman–Crippen MR) is 65.2 cm³/mol. The topological polar surface area (TPSA) is 67.1 Å². The van der Waals surface area contributed by atoms with E-state index in [0.717, 1.165) is 18.9 Å². The highest BCUT2D eigenvalue weighted by molar-refractivity contribution is 5.38. The zero-order valence-corrected chi connectivity index (χ0v) is 9.69. The summed E-state index contributed by atoms with van der Waals surface area (Å²) in [6.45, 7) is 5.61. The van der Waals surface area contributed by atoms with E-state index < -0.39 is 0 Å². The summed E-state index contributed by atoms with van der Waals surface area (Å²) in [7, 11) is 0. The molecule has 5 heteroatoms. The van der Waals surface area contributed by atoms with Crippen LogP contribution in [-0.2, 0) is 0 Å². The smallest absolute Gasteiger partial charge is 0.221 e. The standard InChI is InChI=1S/C11H19N5/c1-2-16-7-3-4-9(8-16)14-10-5-6-13-11(12)15-10/h5-6,9H,2-4,7-8H2,1H3,(H3,12,13,14,15). The van der Waals surface area contributed by atoms with Gasteiger partial charge in [0.15, 0.2) is 0 Å². The number of anilines is 2. The Morgan fingerprint density at radius 3 is 3.25 bits per heavy atom. The van der Waals surface area contributed by atoms with Crippen LogP contribution in [0.4, 0.5) is 11.8 Å². The molecule has 0 aromatic carbocycles. The number of likely N-dealkylation sites (tertiary alicyclic amines) is 1. The Morgan fingerprint density at radius 1 is 1.62 bits per heavy atom. The molecule has 0 amide bonds. The molecule has 0 radical (unpaired) electrons. The summed E-state index contributed by atoms with van der Waals surface area (Å²) < 4.78 is 0. The maximum Gasteiger partial charge on any atom is 0.221 e. The molecule has 0 spiro atoms. The van der Waals surface area contributed by atoms with Crippen molar-refractivity contribution in [3.05, 3.63) is 12.3 Å². The Bertz CT molecular complexity index is 341. The largest absolute Gasteiger partial charge is 0.368 e. The normalized spacial score (nSPS) is 21.9. The van der Waals surface area contributed by atoms with Crippen molar-refractivity contribution in [2.45, 2.75) is 25.8 Å². The van der Waals surface area contributed by atoms with Crippen molar-refractivity contribution >= 4 is 11.8 Å². The van der Waals surface area contributed by atoms with Crippen LogP contribution in [0, 0.1) is 0 Å². The Labute approximate surface area is 96.1 Å². The second-order valence-corrected chi connectivity index (χ2v) is 4.18. The Balaban J connectivity index is 1.94. The first-order valence-electron chi connectivity index (χ1n) is 5.85. The first-order valence-corrected chi connectivity index (χ1v) is 5.85. The van der Waals surface area contributed by atoms with E-state index >= 15 is 0 Å². The van der Waals surface area contributed by atoms with Crippen LogP contribution in [0.3, 0.4) is 0 Å². The number of nitrogen functional groups attached to an aromatic ring is 1. The lowest BCUT2D eigenvalue weighted by Crippen LogP contribution is -2.41. The van der Waals surface area contributed by atoms with Gasteiger partial charge in [-0.3, -0.25) is 0 Å². The van der Waals surface area contributed by atoms with Gasteiger partial charge in [-0.05, 0) is 32.0 Å². The highest BCUT2D eigenvalue weighted by atomic mass is 15.2. The number of hydrogen-bond donors (Lipinski definition) is 2. The van der Waals surface area contributed by atoms with Crippen LogP contribution in [0.25, 0.3) is 0 Å². The van der Waals surface area contributed by atoms with Crippen molar-refractivity contribution in [2.24, 2.45) is 0 Å². The van der Waals surface area contributed by atoms with E-state index in [1.165, 1.54) is 19.4 Å². The van der Waals surface area contributed by atoms with Crippen LogP contribution in [0.2, 0.25) is 0 Å². The average Bonchev–Trinajstić information content (AvgIpc) is 2.29. The molecule has 0 bridgehead atoms. The number of nitrogens with zero attached hydrogens (tertiary/aromatic N) is 3. The fourth-order valence-corrected chi connectivity index (χ4v) is 2.12. The maximum absolute atomic E-state index is 5.54. The minimum atomic E-state index is 0.327.